The minimum absolute atomic E-state index is 0.0153. The number of nitrogens with one attached hydrogen (secondary N) is 1. The highest BCUT2D eigenvalue weighted by molar-refractivity contribution is 5.93. The zero-order valence-corrected chi connectivity index (χ0v) is 16.4. The third-order valence-corrected chi connectivity index (χ3v) is 5.34. The Hall–Kier alpha value is -1.92. The third-order valence-electron chi connectivity index (χ3n) is 5.34. The van der Waals surface area contributed by atoms with Crippen LogP contribution in [0.25, 0.3) is 0 Å². The average molecular weight is 361 g/mol. The Labute approximate surface area is 156 Å². The van der Waals surface area contributed by atoms with E-state index in [9.17, 15) is 9.59 Å². The van der Waals surface area contributed by atoms with Crippen molar-refractivity contribution in [1.82, 2.24) is 9.80 Å². The summed E-state index contributed by atoms with van der Waals surface area (Å²) in [6.07, 6.45) is 0.894. The molecule has 1 aliphatic rings. The highest BCUT2D eigenvalue weighted by Gasteiger charge is 2.28. The van der Waals surface area contributed by atoms with Gasteiger partial charge in [-0.05, 0) is 30.9 Å². The number of carbonyl (C=O) groups is 2. The van der Waals surface area contributed by atoms with Crippen LogP contribution < -0.4 is 11.1 Å². The fourth-order valence-corrected chi connectivity index (χ4v) is 3.23. The Kier molecular flexibility index (Phi) is 7.17. The molecule has 144 valence electrons. The first-order valence-corrected chi connectivity index (χ1v) is 9.46. The number of rotatable bonds is 6. The number of nitrogens with zero attached hydrogens (tertiary/aromatic N) is 2. The van der Waals surface area contributed by atoms with Crippen LogP contribution in [0, 0.1) is 19.8 Å². The highest BCUT2D eigenvalue weighted by Crippen LogP contribution is 2.19. The third kappa shape index (κ3) is 5.05. The number of carbonyl (C=O) groups excluding carboxylic acids is 2. The molecule has 0 aliphatic carbocycles. The molecule has 26 heavy (non-hydrogen) atoms. The summed E-state index contributed by atoms with van der Waals surface area (Å²) in [5, 5.41) is 3.02. The number of nitrogens with two attached hydrogens (primary N) is 1. The predicted molar refractivity (Wildman–Crippen MR) is 105 cm³/mol. The second kappa shape index (κ2) is 9.14. The van der Waals surface area contributed by atoms with Crippen LogP contribution in [-0.4, -0.2) is 60.4 Å². The Morgan fingerprint density at radius 2 is 1.73 bits per heavy atom. The van der Waals surface area contributed by atoms with Gasteiger partial charge in [0, 0.05) is 31.9 Å². The van der Waals surface area contributed by atoms with Gasteiger partial charge in [-0.1, -0.05) is 38.5 Å². The van der Waals surface area contributed by atoms with E-state index in [1.165, 1.54) is 0 Å². The molecule has 1 heterocycles. The van der Waals surface area contributed by atoms with Gasteiger partial charge in [0.05, 0.1) is 12.6 Å². The van der Waals surface area contributed by atoms with Gasteiger partial charge in [-0.15, -0.1) is 0 Å². The number of amides is 2. The zero-order valence-electron chi connectivity index (χ0n) is 16.4. The monoisotopic (exact) mass is 360 g/mol. The van der Waals surface area contributed by atoms with E-state index in [-0.39, 0.29) is 17.7 Å². The van der Waals surface area contributed by atoms with Crippen molar-refractivity contribution in [2.24, 2.45) is 11.7 Å². The van der Waals surface area contributed by atoms with Crippen LogP contribution in [0.4, 0.5) is 5.69 Å². The number of hydrogen-bond donors (Lipinski definition) is 2. The van der Waals surface area contributed by atoms with Crippen molar-refractivity contribution in [3.8, 4) is 0 Å². The van der Waals surface area contributed by atoms with Crippen LogP contribution in [0.15, 0.2) is 18.2 Å². The Morgan fingerprint density at radius 3 is 2.27 bits per heavy atom. The van der Waals surface area contributed by atoms with E-state index < -0.39 is 6.04 Å². The Morgan fingerprint density at radius 1 is 1.15 bits per heavy atom. The van der Waals surface area contributed by atoms with Gasteiger partial charge in [0.2, 0.25) is 11.8 Å². The summed E-state index contributed by atoms with van der Waals surface area (Å²) >= 11 is 0. The second-order valence-electron chi connectivity index (χ2n) is 7.33. The van der Waals surface area contributed by atoms with Crippen molar-refractivity contribution in [3.63, 3.8) is 0 Å². The second-order valence-corrected chi connectivity index (χ2v) is 7.33. The maximum atomic E-state index is 12.4. The van der Waals surface area contributed by atoms with Crippen molar-refractivity contribution in [3.05, 3.63) is 29.3 Å². The summed E-state index contributed by atoms with van der Waals surface area (Å²) in [6, 6.07) is 5.54. The lowest BCUT2D eigenvalue weighted by molar-refractivity contribution is -0.135. The molecule has 1 aliphatic heterocycles. The summed E-state index contributed by atoms with van der Waals surface area (Å²) in [7, 11) is 0. The maximum absolute atomic E-state index is 12.4. The lowest BCUT2D eigenvalue weighted by Gasteiger charge is -2.36. The molecular weight excluding hydrogens is 328 g/mol. The fourth-order valence-electron chi connectivity index (χ4n) is 3.23. The van der Waals surface area contributed by atoms with E-state index in [1.54, 1.807) is 0 Å². The summed E-state index contributed by atoms with van der Waals surface area (Å²) < 4.78 is 0. The first kappa shape index (κ1) is 20.4. The molecule has 1 fully saturated rings. The van der Waals surface area contributed by atoms with Crippen LogP contribution in [0.3, 0.4) is 0 Å². The van der Waals surface area contributed by atoms with Crippen molar-refractivity contribution >= 4 is 17.5 Å². The minimum atomic E-state index is -0.432. The minimum Gasteiger partial charge on any atom is -0.339 e. The van der Waals surface area contributed by atoms with E-state index in [1.807, 2.05) is 50.8 Å². The van der Waals surface area contributed by atoms with Gasteiger partial charge in [0.25, 0.3) is 0 Å². The molecule has 2 rings (SSSR count). The number of para-hydroxylation sites is 1. The van der Waals surface area contributed by atoms with Crippen molar-refractivity contribution in [1.29, 1.82) is 0 Å². The molecule has 2 atom stereocenters. The maximum Gasteiger partial charge on any atom is 0.239 e. The molecule has 6 heteroatoms. The summed E-state index contributed by atoms with van der Waals surface area (Å²) in [6.45, 7) is 11.0. The topological polar surface area (TPSA) is 78.7 Å². The normalized spacial score (nSPS) is 17.7. The SMILES string of the molecule is CCC(C)C(N)C(=O)N1CCN(CC(=O)Nc2c(C)cccc2C)CC1. The number of aryl methyl sites for hydroxylation is 2. The molecule has 0 saturated carbocycles. The van der Waals surface area contributed by atoms with Gasteiger partial charge >= 0.3 is 0 Å². The van der Waals surface area contributed by atoms with Gasteiger partial charge < -0.3 is 16.0 Å². The average Bonchev–Trinajstić information content (AvgIpc) is 2.63. The summed E-state index contributed by atoms with van der Waals surface area (Å²) in [5.74, 6) is 0.195. The molecule has 0 spiro atoms. The number of hydrogen-bond acceptors (Lipinski definition) is 4. The van der Waals surface area contributed by atoms with Crippen LogP contribution >= 0.6 is 0 Å². The fraction of sp³-hybridized carbons (Fsp3) is 0.600. The lowest BCUT2D eigenvalue weighted by Crippen LogP contribution is -2.55. The van der Waals surface area contributed by atoms with Gasteiger partial charge in [-0.25, -0.2) is 0 Å². The Balaban J connectivity index is 1.83. The summed E-state index contributed by atoms with van der Waals surface area (Å²) in [4.78, 5) is 28.7. The lowest BCUT2D eigenvalue weighted by atomic mass is 9.98. The van der Waals surface area contributed by atoms with Gasteiger partial charge in [0.1, 0.15) is 0 Å². The smallest absolute Gasteiger partial charge is 0.239 e. The summed E-state index contributed by atoms with van der Waals surface area (Å²) in [5.41, 5.74) is 9.08. The van der Waals surface area contributed by atoms with Crippen molar-refractivity contribution < 1.29 is 9.59 Å². The predicted octanol–water partition coefficient (Wildman–Crippen LogP) is 1.76. The molecule has 2 unspecified atom stereocenters. The molecule has 0 radical (unpaired) electrons. The molecule has 1 aromatic carbocycles. The zero-order chi connectivity index (χ0) is 19.3. The van der Waals surface area contributed by atoms with Crippen LogP contribution in [-0.2, 0) is 9.59 Å². The largest absolute Gasteiger partial charge is 0.339 e. The van der Waals surface area contributed by atoms with Gasteiger partial charge in [-0.3, -0.25) is 14.5 Å². The number of piperazine rings is 1. The van der Waals surface area contributed by atoms with Crippen LogP contribution in [0.2, 0.25) is 0 Å². The molecule has 6 nitrogen and oxygen atoms in total. The molecule has 2 amide bonds. The number of anilines is 1. The molecule has 3 N–H and O–H groups in total. The quantitative estimate of drug-likeness (QED) is 0.810. The Bertz CT molecular complexity index is 618. The number of benzene rings is 1. The van der Waals surface area contributed by atoms with E-state index in [0.29, 0.717) is 32.7 Å². The first-order valence-electron chi connectivity index (χ1n) is 9.46. The van der Waals surface area contributed by atoms with Crippen molar-refractivity contribution in [2.45, 2.75) is 40.2 Å². The molecule has 0 aromatic heterocycles. The van der Waals surface area contributed by atoms with E-state index in [2.05, 4.69) is 10.2 Å². The molecule has 1 aromatic rings. The first-order chi connectivity index (χ1) is 12.3. The highest BCUT2D eigenvalue weighted by atomic mass is 16.2. The van der Waals surface area contributed by atoms with Crippen LogP contribution in [0.5, 0.6) is 0 Å². The molecule has 1 saturated heterocycles. The van der Waals surface area contributed by atoms with Gasteiger partial charge in [-0.2, -0.15) is 0 Å². The van der Waals surface area contributed by atoms with Crippen molar-refractivity contribution in [2.75, 3.05) is 38.0 Å². The van der Waals surface area contributed by atoms with E-state index in [4.69, 9.17) is 5.73 Å². The van der Waals surface area contributed by atoms with E-state index in [0.717, 1.165) is 23.2 Å². The molecular formula is C20H32N4O2. The van der Waals surface area contributed by atoms with Crippen LogP contribution in [0.1, 0.15) is 31.4 Å². The van der Waals surface area contributed by atoms with E-state index >= 15 is 0 Å². The molecule has 0 bridgehead atoms. The van der Waals surface area contributed by atoms with Gasteiger partial charge in [0.15, 0.2) is 0 Å². The standard InChI is InChI=1S/C20H32N4O2/c1-5-14(2)18(21)20(26)24-11-9-23(10-12-24)13-17(25)22-19-15(3)7-6-8-16(19)4/h6-8,14,18H,5,9-13,21H2,1-4H3,(H,22,25).